The van der Waals surface area contributed by atoms with Gasteiger partial charge in [0.2, 0.25) is 15.9 Å². The molecule has 8 nitrogen and oxygen atoms in total. The minimum Gasteiger partial charge on any atom is -0.459 e. The molecule has 9 heteroatoms. The van der Waals surface area contributed by atoms with E-state index in [4.69, 9.17) is 4.42 Å². The Morgan fingerprint density at radius 1 is 0.967 bits per heavy atom. The monoisotopic (exact) mass is 431 g/mol. The Hall–Kier alpha value is -2.65. The topological polar surface area (TPSA) is 91.1 Å². The lowest BCUT2D eigenvalue weighted by molar-refractivity contribution is -0.136. The van der Waals surface area contributed by atoms with E-state index in [9.17, 15) is 18.0 Å². The number of furan rings is 1. The molecule has 160 valence electrons. The Kier molecular flexibility index (Phi) is 5.66. The smallest absolute Gasteiger partial charge is 0.289 e. The van der Waals surface area contributed by atoms with E-state index in [2.05, 4.69) is 0 Å². The highest BCUT2D eigenvalue weighted by Crippen LogP contribution is 2.28. The van der Waals surface area contributed by atoms with Gasteiger partial charge in [-0.05, 0) is 44.0 Å². The molecular formula is C21H25N3O5S. The lowest BCUT2D eigenvalue weighted by Gasteiger charge is -2.36. The number of hydrogen-bond acceptors (Lipinski definition) is 5. The van der Waals surface area contributed by atoms with E-state index in [-0.39, 0.29) is 22.5 Å². The van der Waals surface area contributed by atoms with Gasteiger partial charge in [0.15, 0.2) is 5.76 Å². The number of carbonyl (C=O) groups excluding carboxylic acids is 2. The highest BCUT2D eigenvalue weighted by molar-refractivity contribution is 7.89. The molecule has 2 aliphatic heterocycles. The maximum absolute atomic E-state index is 13.1. The zero-order valence-corrected chi connectivity index (χ0v) is 17.7. The van der Waals surface area contributed by atoms with Crippen molar-refractivity contribution in [1.82, 2.24) is 14.1 Å². The zero-order chi connectivity index (χ0) is 21.3. The highest BCUT2D eigenvalue weighted by Gasteiger charge is 2.41. The van der Waals surface area contributed by atoms with Crippen LogP contribution < -0.4 is 0 Å². The number of piperazine rings is 1. The summed E-state index contributed by atoms with van der Waals surface area (Å²) in [6, 6.07) is 9.28. The van der Waals surface area contributed by atoms with Crippen LogP contribution in [0.15, 0.2) is 52.0 Å². The van der Waals surface area contributed by atoms with Crippen LogP contribution in [0.5, 0.6) is 0 Å². The number of rotatable bonds is 4. The molecule has 2 fully saturated rings. The summed E-state index contributed by atoms with van der Waals surface area (Å²) in [5.74, 6) is -0.106. The molecule has 2 aromatic rings. The molecule has 3 heterocycles. The van der Waals surface area contributed by atoms with Crippen LogP contribution in [0.25, 0.3) is 0 Å². The number of sulfonamides is 1. The molecule has 1 unspecified atom stereocenters. The maximum atomic E-state index is 13.1. The van der Waals surface area contributed by atoms with Crippen molar-refractivity contribution in [2.24, 2.45) is 0 Å². The lowest BCUT2D eigenvalue weighted by Crippen LogP contribution is -2.55. The minimum absolute atomic E-state index is 0.187. The fraction of sp³-hybridized carbons (Fsp3) is 0.429. The van der Waals surface area contributed by atoms with Crippen molar-refractivity contribution in [2.75, 3.05) is 32.7 Å². The number of benzene rings is 1. The second-order valence-corrected chi connectivity index (χ2v) is 9.57. The molecule has 0 radical (unpaired) electrons. The number of carbonyl (C=O) groups is 2. The second-order valence-electron chi connectivity index (χ2n) is 7.68. The maximum Gasteiger partial charge on any atom is 0.289 e. The van der Waals surface area contributed by atoms with E-state index in [0.29, 0.717) is 45.6 Å². The SMILES string of the molecule is Cc1ccc(S(=O)(=O)N2CCCC2C(=O)N2CCN(C(=O)c3ccco3)CC2)cc1. The van der Waals surface area contributed by atoms with E-state index < -0.39 is 16.1 Å². The van der Waals surface area contributed by atoms with E-state index in [0.717, 1.165) is 5.56 Å². The van der Waals surface area contributed by atoms with E-state index >= 15 is 0 Å². The summed E-state index contributed by atoms with van der Waals surface area (Å²) in [5.41, 5.74) is 0.977. The molecule has 0 bridgehead atoms. The average Bonchev–Trinajstić information content (AvgIpc) is 3.45. The molecule has 0 aliphatic carbocycles. The number of hydrogen-bond donors (Lipinski definition) is 0. The van der Waals surface area contributed by atoms with Crippen molar-refractivity contribution in [3.05, 3.63) is 54.0 Å². The van der Waals surface area contributed by atoms with Gasteiger partial charge in [-0.15, -0.1) is 0 Å². The Balaban J connectivity index is 1.43. The first-order chi connectivity index (χ1) is 14.4. The minimum atomic E-state index is -3.73. The third-order valence-corrected chi connectivity index (χ3v) is 7.65. The first kappa shape index (κ1) is 20.6. The zero-order valence-electron chi connectivity index (χ0n) is 16.9. The van der Waals surface area contributed by atoms with Gasteiger partial charge in [-0.2, -0.15) is 4.31 Å². The van der Waals surface area contributed by atoms with Crippen LogP contribution in [0.1, 0.15) is 29.0 Å². The molecule has 1 atom stereocenters. The number of aryl methyl sites for hydroxylation is 1. The molecule has 2 aliphatic rings. The second kappa shape index (κ2) is 8.23. The van der Waals surface area contributed by atoms with Gasteiger partial charge in [0.1, 0.15) is 6.04 Å². The summed E-state index contributed by atoms with van der Waals surface area (Å²) in [7, 11) is -3.73. The summed E-state index contributed by atoms with van der Waals surface area (Å²) in [6.45, 7) is 3.77. The van der Waals surface area contributed by atoms with Gasteiger partial charge in [-0.1, -0.05) is 17.7 Å². The average molecular weight is 432 g/mol. The third-order valence-electron chi connectivity index (χ3n) is 5.73. The number of amides is 2. The Labute approximate surface area is 176 Å². The molecule has 0 N–H and O–H groups in total. The first-order valence-corrected chi connectivity index (χ1v) is 11.5. The first-order valence-electron chi connectivity index (χ1n) is 10.1. The molecule has 1 aromatic heterocycles. The predicted molar refractivity (Wildman–Crippen MR) is 109 cm³/mol. The largest absolute Gasteiger partial charge is 0.459 e. The molecule has 30 heavy (non-hydrogen) atoms. The summed E-state index contributed by atoms with van der Waals surface area (Å²) in [6.07, 6.45) is 2.62. The van der Waals surface area contributed by atoms with Crippen LogP contribution in [-0.4, -0.2) is 73.1 Å². The summed E-state index contributed by atoms with van der Waals surface area (Å²) >= 11 is 0. The fourth-order valence-electron chi connectivity index (χ4n) is 4.02. The van der Waals surface area contributed by atoms with Crippen LogP contribution in [-0.2, 0) is 14.8 Å². The van der Waals surface area contributed by atoms with E-state index in [1.165, 1.54) is 10.6 Å². The molecule has 2 saturated heterocycles. The van der Waals surface area contributed by atoms with Crippen LogP contribution in [0.4, 0.5) is 0 Å². The van der Waals surface area contributed by atoms with Crippen molar-refractivity contribution < 1.29 is 22.4 Å². The third kappa shape index (κ3) is 3.87. The Bertz CT molecular complexity index is 1010. The van der Waals surface area contributed by atoms with E-state index in [1.54, 1.807) is 46.2 Å². The van der Waals surface area contributed by atoms with E-state index in [1.807, 2.05) is 6.92 Å². The Morgan fingerprint density at radius 2 is 1.63 bits per heavy atom. The van der Waals surface area contributed by atoms with Gasteiger partial charge in [0.05, 0.1) is 11.2 Å². The van der Waals surface area contributed by atoms with Crippen molar-refractivity contribution in [3.63, 3.8) is 0 Å². The van der Waals surface area contributed by atoms with Crippen molar-refractivity contribution in [1.29, 1.82) is 0 Å². The van der Waals surface area contributed by atoms with Crippen molar-refractivity contribution in [3.8, 4) is 0 Å². The molecule has 1 aromatic carbocycles. The van der Waals surface area contributed by atoms with Gasteiger partial charge < -0.3 is 14.2 Å². The number of nitrogens with zero attached hydrogens (tertiary/aromatic N) is 3. The summed E-state index contributed by atoms with van der Waals surface area (Å²) < 4.78 is 32.7. The molecular weight excluding hydrogens is 406 g/mol. The quantitative estimate of drug-likeness (QED) is 0.735. The van der Waals surface area contributed by atoms with Gasteiger partial charge in [-0.3, -0.25) is 9.59 Å². The molecule has 0 saturated carbocycles. The normalized spacial score (nSPS) is 20.5. The van der Waals surface area contributed by atoms with Crippen LogP contribution in [0, 0.1) is 6.92 Å². The standard InChI is InChI=1S/C21H25N3O5S/c1-16-6-8-17(9-7-16)30(27,28)24-10-2-4-18(24)20(25)22-11-13-23(14-12-22)21(26)19-5-3-15-29-19/h3,5-9,15,18H,2,4,10-14H2,1H3. The van der Waals surface area contributed by atoms with Gasteiger partial charge >= 0.3 is 0 Å². The van der Waals surface area contributed by atoms with Crippen molar-refractivity contribution in [2.45, 2.75) is 30.7 Å². The summed E-state index contributed by atoms with van der Waals surface area (Å²) in [4.78, 5) is 29.1. The van der Waals surface area contributed by atoms with Crippen molar-refractivity contribution >= 4 is 21.8 Å². The molecule has 0 spiro atoms. The van der Waals surface area contributed by atoms with Gasteiger partial charge in [0, 0.05) is 32.7 Å². The van der Waals surface area contributed by atoms with Gasteiger partial charge in [0.25, 0.3) is 5.91 Å². The molecule has 4 rings (SSSR count). The van der Waals surface area contributed by atoms with Gasteiger partial charge in [-0.25, -0.2) is 8.42 Å². The van der Waals surface area contributed by atoms with Crippen LogP contribution in [0.2, 0.25) is 0 Å². The molecule has 2 amide bonds. The predicted octanol–water partition coefficient (Wildman–Crippen LogP) is 1.73. The van der Waals surface area contributed by atoms with Crippen LogP contribution >= 0.6 is 0 Å². The van der Waals surface area contributed by atoms with Crippen LogP contribution in [0.3, 0.4) is 0 Å². The lowest BCUT2D eigenvalue weighted by atomic mass is 10.2. The fourth-order valence-corrected chi connectivity index (χ4v) is 5.67. The Morgan fingerprint density at radius 3 is 2.27 bits per heavy atom. The highest BCUT2D eigenvalue weighted by atomic mass is 32.2. The summed E-state index contributed by atoms with van der Waals surface area (Å²) in [5, 5.41) is 0.